The zero-order valence-corrected chi connectivity index (χ0v) is 46.0. The van der Waals surface area contributed by atoms with Crippen molar-refractivity contribution in [2.75, 3.05) is 0 Å². The highest BCUT2D eigenvalue weighted by Gasteiger charge is 2.30. The summed E-state index contributed by atoms with van der Waals surface area (Å²) in [7, 11) is 0. The minimum absolute atomic E-state index is 0.500. The molecule has 0 saturated carbocycles. The van der Waals surface area contributed by atoms with E-state index < -0.39 is 0 Å². The standard InChI is InChI=1S/C71H60N2.C3H4.C2H6/c1-4-5-12-28-51(2)65-66(55-32-15-7-16-33-55)67(56-34-17-8-18-35-56)68(57-36-19-9-20-37-57)69(58-38-21-10-22-39-58)70(65)64-46-27-45-63(49-64)62-44-26-43-61(48-62)60-42-25-29-53(47-60)50-72-71(59-40-23-11-24-41-59)73-52(3)54-30-13-6-14-31-54;1-3-2;1-2/h4-6,8-15,17-19,21-36,38-49H,2,7,16,20,37,50H2,1,3H3;1H,2H3;1-2H3/b5-4-,28-12-,72-71?,73-52?;;. The third-order valence-corrected chi connectivity index (χ3v) is 13.7. The first-order valence-electron chi connectivity index (χ1n) is 27.4. The summed E-state index contributed by atoms with van der Waals surface area (Å²) in [5.74, 6) is 2.97. The van der Waals surface area contributed by atoms with E-state index in [0.717, 1.165) is 92.9 Å². The van der Waals surface area contributed by atoms with Gasteiger partial charge in [0.25, 0.3) is 0 Å². The van der Waals surface area contributed by atoms with E-state index in [-0.39, 0.29) is 0 Å². The molecule has 0 amide bonds. The maximum atomic E-state index is 5.13. The molecular weight excluding hydrogens is 941 g/mol. The van der Waals surface area contributed by atoms with Crippen molar-refractivity contribution in [3.05, 3.63) is 295 Å². The molecule has 10 rings (SSSR count). The van der Waals surface area contributed by atoms with Gasteiger partial charge in [-0.1, -0.05) is 257 Å². The second-order valence-electron chi connectivity index (χ2n) is 18.9. The van der Waals surface area contributed by atoms with E-state index in [1.807, 2.05) is 50.2 Å². The van der Waals surface area contributed by atoms with Crippen LogP contribution in [-0.2, 0) is 6.54 Å². The molecule has 0 aliphatic heterocycles. The number of benzene rings is 8. The van der Waals surface area contributed by atoms with E-state index in [0.29, 0.717) is 6.54 Å². The van der Waals surface area contributed by atoms with Crippen LogP contribution in [0.2, 0.25) is 0 Å². The fourth-order valence-electron chi connectivity index (χ4n) is 10.2. The summed E-state index contributed by atoms with van der Waals surface area (Å²) in [6.45, 7) is 15.2. The van der Waals surface area contributed by atoms with Gasteiger partial charge in [-0.3, -0.25) is 4.99 Å². The highest BCUT2D eigenvalue weighted by Crippen LogP contribution is 2.53. The van der Waals surface area contributed by atoms with Gasteiger partial charge in [0.05, 0.1) is 6.54 Å². The second kappa shape index (κ2) is 28.1. The number of amidine groups is 1. The Morgan fingerprint density at radius 3 is 1.65 bits per heavy atom. The van der Waals surface area contributed by atoms with Gasteiger partial charge in [0.1, 0.15) is 0 Å². The highest BCUT2D eigenvalue weighted by atomic mass is 14.9. The van der Waals surface area contributed by atoms with Crippen LogP contribution in [0.5, 0.6) is 0 Å². The van der Waals surface area contributed by atoms with Crippen molar-refractivity contribution in [2.45, 2.75) is 66.8 Å². The first-order chi connectivity index (χ1) is 38.4. The minimum Gasteiger partial charge on any atom is -0.261 e. The molecule has 2 aliphatic rings. The summed E-state index contributed by atoms with van der Waals surface area (Å²) in [6.07, 6.45) is 31.0. The molecule has 2 heteroatoms. The smallest absolute Gasteiger partial charge is 0.155 e. The summed E-state index contributed by atoms with van der Waals surface area (Å²) in [5.41, 5.74) is 23.1. The van der Waals surface area contributed by atoms with Crippen LogP contribution in [0, 0.1) is 12.3 Å². The predicted molar refractivity (Wildman–Crippen MR) is 341 cm³/mol. The van der Waals surface area contributed by atoms with Crippen molar-refractivity contribution in [3.63, 3.8) is 0 Å². The Hall–Kier alpha value is -9.16. The number of rotatable bonds is 14. The van der Waals surface area contributed by atoms with Gasteiger partial charge in [0.15, 0.2) is 5.84 Å². The summed E-state index contributed by atoms with van der Waals surface area (Å²) in [5, 5.41) is 0. The summed E-state index contributed by atoms with van der Waals surface area (Å²) < 4.78 is 0. The Balaban J connectivity index is 0.00000155. The van der Waals surface area contributed by atoms with Gasteiger partial charge in [0.2, 0.25) is 0 Å². The lowest BCUT2D eigenvalue weighted by molar-refractivity contribution is 1.04. The van der Waals surface area contributed by atoms with Crippen molar-refractivity contribution in [1.82, 2.24) is 0 Å². The number of terminal acetylenes is 1. The van der Waals surface area contributed by atoms with Crippen molar-refractivity contribution < 1.29 is 0 Å². The number of hydrogen-bond donors (Lipinski definition) is 0. The molecule has 8 aromatic carbocycles. The highest BCUT2D eigenvalue weighted by molar-refractivity contribution is 6.12. The molecule has 0 heterocycles. The Kier molecular flexibility index (Phi) is 19.8. The van der Waals surface area contributed by atoms with Crippen LogP contribution in [0.15, 0.2) is 271 Å². The average molecular weight is 1010 g/mol. The molecule has 0 spiro atoms. The molecule has 384 valence electrons. The van der Waals surface area contributed by atoms with Gasteiger partial charge in [-0.05, 0) is 165 Å². The van der Waals surface area contributed by atoms with Gasteiger partial charge < -0.3 is 0 Å². The van der Waals surface area contributed by atoms with Crippen LogP contribution in [0.25, 0.3) is 72.4 Å². The summed E-state index contributed by atoms with van der Waals surface area (Å²) >= 11 is 0. The lowest BCUT2D eigenvalue weighted by Crippen LogP contribution is -2.08. The van der Waals surface area contributed by atoms with Crippen LogP contribution in [0.3, 0.4) is 0 Å². The van der Waals surface area contributed by atoms with E-state index in [2.05, 4.69) is 245 Å². The summed E-state index contributed by atoms with van der Waals surface area (Å²) in [6, 6.07) is 69.5. The molecule has 0 unspecified atom stereocenters. The third kappa shape index (κ3) is 13.4. The summed E-state index contributed by atoms with van der Waals surface area (Å²) in [4.78, 5) is 10.2. The van der Waals surface area contributed by atoms with E-state index in [1.165, 1.54) is 50.1 Å². The van der Waals surface area contributed by atoms with Gasteiger partial charge in [0, 0.05) is 11.3 Å². The SMILES string of the molecule is C#CC.C=C(/C=C\C=C/C)c1c(C2=CCCC=C2)c(-c2ccccc2)c(C2=CC=CCC2)c(-c2ccccc2)c1-c1cccc(-c2cccc(-c3cccc(CN=C(N=C(C)c4ccccc4)c4ccccc4)c3)c2)c1.CC. The zero-order valence-electron chi connectivity index (χ0n) is 46.0. The zero-order chi connectivity index (χ0) is 54.5. The maximum absolute atomic E-state index is 5.13. The molecule has 0 saturated heterocycles. The molecule has 2 aliphatic carbocycles. The molecule has 0 N–H and O–H groups in total. The molecule has 0 atom stereocenters. The monoisotopic (exact) mass is 1010 g/mol. The predicted octanol–water partition coefficient (Wildman–Crippen LogP) is 20.8. The number of aliphatic imine (C=N–C) groups is 2. The van der Waals surface area contributed by atoms with E-state index in [4.69, 9.17) is 16.6 Å². The topological polar surface area (TPSA) is 24.7 Å². The molecule has 8 aromatic rings. The van der Waals surface area contributed by atoms with E-state index in [1.54, 1.807) is 6.92 Å². The van der Waals surface area contributed by atoms with Crippen LogP contribution >= 0.6 is 0 Å². The Morgan fingerprint density at radius 1 is 0.564 bits per heavy atom. The third-order valence-electron chi connectivity index (χ3n) is 13.7. The average Bonchev–Trinajstić information content (AvgIpc) is 3.71. The second-order valence-corrected chi connectivity index (χ2v) is 18.9. The Bertz CT molecular complexity index is 3630. The van der Waals surface area contributed by atoms with Crippen LogP contribution < -0.4 is 0 Å². The maximum Gasteiger partial charge on any atom is 0.155 e. The molecule has 0 fully saturated rings. The number of hydrogen-bond acceptors (Lipinski definition) is 1. The van der Waals surface area contributed by atoms with Gasteiger partial charge in [-0.2, -0.15) is 0 Å². The van der Waals surface area contributed by atoms with Crippen LogP contribution in [0.4, 0.5) is 0 Å². The first-order valence-corrected chi connectivity index (χ1v) is 27.4. The largest absolute Gasteiger partial charge is 0.261 e. The lowest BCUT2D eigenvalue weighted by Gasteiger charge is -2.30. The van der Waals surface area contributed by atoms with Crippen LogP contribution in [0.1, 0.15) is 93.7 Å². The number of nitrogens with zero attached hydrogens (tertiary/aromatic N) is 2. The Labute approximate surface area is 465 Å². The fourth-order valence-corrected chi connectivity index (χ4v) is 10.2. The number of allylic oxidation sites excluding steroid dienone is 13. The van der Waals surface area contributed by atoms with Gasteiger partial charge in [-0.25, -0.2) is 4.99 Å². The molecule has 2 nitrogen and oxygen atoms in total. The van der Waals surface area contributed by atoms with Crippen molar-refractivity contribution in [1.29, 1.82) is 0 Å². The van der Waals surface area contributed by atoms with Crippen LogP contribution in [-0.4, -0.2) is 11.5 Å². The first kappa shape index (κ1) is 55.1. The normalized spacial score (nSPS) is 13.2. The quantitative estimate of drug-likeness (QED) is 0.0449. The molecular formula is C76H70N2. The van der Waals surface area contributed by atoms with Crippen molar-refractivity contribution in [3.8, 4) is 68.0 Å². The molecule has 0 bridgehead atoms. The van der Waals surface area contributed by atoms with E-state index in [9.17, 15) is 0 Å². The minimum atomic E-state index is 0.500. The van der Waals surface area contributed by atoms with Crippen molar-refractivity contribution >= 4 is 28.3 Å². The van der Waals surface area contributed by atoms with Gasteiger partial charge in [-0.15, -0.1) is 12.3 Å². The molecule has 0 radical (unpaired) electrons. The molecule has 0 aromatic heterocycles. The Morgan fingerprint density at radius 2 is 1.09 bits per heavy atom. The van der Waals surface area contributed by atoms with Crippen molar-refractivity contribution in [2.24, 2.45) is 9.98 Å². The fraction of sp³-hybridized carbons (Fsp3) is 0.132. The lowest BCUT2D eigenvalue weighted by atomic mass is 9.72. The van der Waals surface area contributed by atoms with E-state index >= 15 is 0 Å². The van der Waals surface area contributed by atoms with Gasteiger partial charge >= 0.3 is 0 Å². The molecule has 78 heavy (non-hydrogen) atoms.